The summed E-state index contributed by atoms with van der Waals surface area (Å²) in [6.45, 7) is 3.22. The van der Waals surface area contributed by atoms with Crippen LogP contribution in [0.3, 0.4) is 0 Å². The molecule has 1 fully saturated rings. The number of hydrogen-bond acceptors (Lipinski definition) is 5. The summed E-state index contributed by atoms with van der Waals surface area (Å²) in [4.78, 5) is 4.54. The molecule has 1 aromatic heterocycles. The number of aromatic nitrogens is 1. The van der Waals surface area contributed by atoms with Crippen molar-refractivity contribution in [1.82, 2.24) is 15.0 Å². The number of hydrogen-bond donors (Lipinski definition) is 0. The van der Waals surface area contributed by atoms with Crippen LogP contribution in [0, 0.1) is 5.92 Å². The van der Waals surface area contributed by atoms with Crippen LogP contribution >= 0.6 is 0 Å². The summed E-state index contributed by atoms with van der Waals surface area (Å²) < 4.78 is 11.2. The van der Waals surface area contributed by atoms with Gasteiger partial charge in [-0.05, 0) is 78.0 Å². The average Bonchev–Trinajstić information content (AvgIpc) is 2.98. The number of likely N-dealkylation sites (tertiary alicyclic amines) is 1. The summed E-state index contributed by atoms with van der Waals surface area (Å²) in [5, 5.41) is 5.52. The molecule has 0 atom stereocenters. The molecule has 2 heterocycles. The molecule has 24 heavy (non-hydrogen) atoms. The lowest BCUT2D eigenvalue weighted by Gasteiger charge is -2.28. The van der Waals surface area contributed by atoms with Crippen molar-refractivity contribution in [1.29, 1.82) is 0 Å². The highest BCUT2D eigenvalue weighted by Crippen LogP contribution is 2.32. The van der Waals surface area contributed by atoms with Gasteiger partial charge < -0.3 is 19.1 Å². The Balaban J connectivity index is 1.77. The molecule has 0 bridgehead atoms. The minimum Gasteiger partial charge on any atom is -0.496 e. The van der Waals surface area contributed by atoms with Crippen LogP contribution in [-0.2, 0) is 13.0 Å². The van der Waals surface area contributed by atoms with Gasteiger partial charge in [-0.1, -0.05) is 5.16 Å². The fraction of sp³-hybridized carbons (Fsp3) is 0.632. The Bertz CT molecular complexity index is 673. The number of nitrogens with zero attached hydrogens (tertiary/aromatic N) is 3. The van der Waals surface area contributed by atoms with E-state index in [1.54, 1.807) is 7.11 Å². The summed E-state index contributed by atoms with van der Waals surface area (Å²) in [6.07, 6.45) is 4.79. The van der Waals surface area contributed by atoms with E-state index in [0.717, 1.165) is 46.9 Å². The number of aryl methyl sites for hydroxylation is 1. The van der Waals surface area contributed by atoms with Gasteiger partial charge in [-0.15, -0.1) is 0 Å². The SMILES string of the molecule is COc1ccc2c(CCC3CCN(C)CC3)noc2c1CN(C)C. The number of benzene rings is 1. The lowest BCUT2D eigenvalue weighted by molar-refractivity contribution is 0.212. The monoisotopic (exact) mass is 331 g/mol. The van der Waals surface area contributed by atoms with Crippen molar-refractivity contribution in [3.8, 4) is 5.75 Å². The van der Waals surface area contributed by atoms with Gasteiger partial charge in [0.2, 0.25) is 0 Å². The molecule has 132 valence electrons. The Morgan fingerprint density at radius 2 is 2.04 bits per heavy atom. The van der Waals surface area contributed by atoms with Gasteiger partial charge >= 0.3 is 0 Å². The third-order valence-electron chi connectivity index (χ3n) is 5.10. The Morgan fingerprint density at radius 1 is 1.29 bits per heavy atom. The van der Waals surface area contributed by atoms with Crippen LogP contribution in [0.5, 0.6) is 5.75 Å². The zero-order chi connectivity index (χ0) is 17.1. The van der Waals surface area contributed by atoms with Crippen LogP contribution in [-0.4, -0.2) is 56.3 Å². The molecule has 0 unspecified atom stereocenters. The first kappa shape index (κ1) is 17.2. The largest absolute Gasteiger partial charge is 0.496 e. The highest BCUT2D eigenvalue weighted by atomic mass is 16.5. The van der Waals surface area contributed by atoms with E-state index in [2.05, 4.69) is 42.2 Å². The number of methoxy groups -OCH3 is 1. The summed E-state index contributed by atoms with van der Waals surface area (Å²) >= 11 is 0. The molecule has 0 amide bonds. The van der Waals surface area contributed by atoms with Crippen molar-refractivity contribution >= 4 is 11.0 Å². The molecule has 0 aliphatic carbocycles. The third kappa shape index (κ3) is 3.73. The molecule has 0 N–H and O–H groups in total. The van der Waals surface area contributed by atoms with Gasteiger partial charge in [-0.3, -0.25) is 0 Å². The molecule has 0 spiro atoms. The summed E-state index contributed by atoms with van der Waals surface area (Å²) in [5.41, 5.74) is 3.05. The smallest absolute Gasteiger partial charge is 0.175 e. The molecule has 2 aromatic rings. The number of piperidine rings is 1. The van der Waals surface area contributed by atoms with Crippen molar-refractivity contribution in [3.05, 3.63) is 23.4 Å². The van der Waals surface area contributed by atoms with E-state index in [9.17, 15) is 0 Å². The topological polar surface area (TPSA) is 41.7 Å². The van der Waals surface area contributed by atoms with Gasteiger partial charge in [0.05, 0.1) is 18.4 Å². The summed E-state index contributed by atoms with van der Waals surface area (Å²) in [6, 6.07) is 4.13. The predicted octanol–water partition coefficient (Wildman–Crippen LogP) is 3.17. The molecule has 1 aliphatic rings. The zero-order valence-electron chi connectivity index (χ0n) is 15.3. The third-order valence-corrected chi connectivity index (χ3v) is 5.10. The normalized spacial score (nSPS) is 17.0. The van der Waals surface area contributed by atoms with Crippen molar-refractivity contribution in [3.63, 3.8) is 0 Å². The van der Waals surface area contributed by atoms with Crippen molar-refractivity contribution in [2.24, 2.45) is 5.92 Å². The van der Waals surface area contributed by atoms with Crippen molar-refractivity contribution in [2.45, 2.75) is 32.2 Å². The van der Waals surface area contributed by atoms with Gasteiger partial charge in [-0.25, -0.2) is 0 Å². The molecule has 1 saturated heterocycles. The molecular formula is C19H29N3O2. The molecule has 0 radical (unpaired) electrons. The minimum atomic E-state index is 0.782. The first-order chi connectivity index (χ1) is 11.6. The van der Waals surface area contributed by atoms with E-state index >= 15 is 0 Å². The van der Waals surface area contributed by atoms with Crippen LogP contribution in [0.1, 0.15) is 30.5 Å². The van der Waals surface area contributed by atoms with E-state index in [-0.39, 0.29) is 0 Å². The lowest BCUT2D eigenvalue weighted by Crippen LogP contribution is -2.30. The maximum atomic E-state index is 5.72. The fourth-order valence-electron chi connectivity index (χ4n) is 3.62. The van der Waals surface area contributed by atoms with E-state index in [1.165, 1.54) is 32.4 Å². The zero-order valence-corrected chi connectivity index (χ0v) is 15.3. The number of ether oxygens (including phenoxy) is 1. The first-order valence-corrected chi connectivity index (χ1v) is 8.86. The number of fused-ring (bicyclic) bond motifs is 1. The number of rotatable bonds is 6. The van der Waals surface area contributed by atoms with Crippen molar-refractivity contribution in [2.75, 3.05) is 41.3 Å². The molecule has 0 saturated carbocycles. The molecule has 1 aromatic carbocycles. The fourth-order valence-corrected chi connectivity index (χ4v) is 3.62. The summed E-state index contributed by atoms with van der Waals surface area (Å²) in [7, 11) is 8.02. The quantitative estimate of drug-likeness (QED) is 0.813. The van der Waals surface area contributed by atoms with Gasteiger partial charge in [0, 0.05) is 11.9 Å². The van der Waals surface area contributed by atoms with Gasteiger partial charge in [0.1, 0.15) is 5.75 Å². The Morgan fingerprint density at radius 3 is 2.71 bits per heavy atom. The summed E-state index contributed by atoms with van der Waals surface area (Å²) in [5.74, 6) is 1.68. The van der Waals surface area contributed by atoms with Crippen LogP contribution in [0.25, 0.3) is 11.0 Å². The standard InChI is InChI=1S/C19H29N3O2/c1-21(2)13-16-18(23-4)8-6-15-17(20-24-19(15)16)7-5-14-9-11-22(3)12-10-14/h6,8,14H,5,7,9-13H2,1-4H3. The van der Waals surface area contributed by atoms with E-state index in [4.69, 9.17) is 9.26 Å². The van der Waals surface area contributed by atoms with E-state index in [0.29, 0.717) is 0 Å². The van der Waals surface area contributed by atoms with Gasteiger partial charge in [0.15, 0.2) is 5.58 Å². The highest BCUT2D eigenvalue weighted by molar-refractivity contribution is 5.84. The van der Waals surface area contributed by atoms with Crippen molar-refractivity contribution < 1.29 is 9.26 Å². The van der Waals surface area contributed by atoms with Crippen LogP contribution in [0.15, 0.2) is 16.7 Å². The Labute approximate surface area is 144 Å². The second-order valence-corrected chi connectivity index (χ2v) is 7.28. The lowest BCUT2D eigenvalue weighted by atomic mass is 9.91. The Hall–Kier alpha value is -1.59. The average molecular weight is 331 g/mol. The highest BCUT2D eigenvalue weighted by Gasteiger charge is 2.20. The van der Waals surface area contributed by atoms with E-state index in [1.807, 2.05) is 6.07 Å². The maximum Gasteiger partial charge on any atom is 0.175 e. The van der Waals surface area contributed by atoms with Gasteiger partial charge in [0.25, 0.3) is 0 Å². The van der Waals surface area contributed by atoms with Crippen LogP contribution in [0.4, 0.5) is 0 Å². The van der Waals surface area contributed by atoms with Gasteiger partial charge in [-0.2, -0.15) is 0 Å². The molecule has 5 nitrogen and oxygen atoms in total. The second-order valence-electron chi connectivity index (χ2n) is 7.28. The molecule has 3 rings (SSSR count). The Kier molecular flexibility index (Phi) is 5.41. The second kappa shape index (κ2) is 7.53. The molecule has 1 aliphatic heterocycles. The van der Waals surface area contributed by atoms with Crippen LogP contribution < -0.4 is 4.74 Å². The molecular weight excluding hydrogens is 302 g/mol. The van der Waals surface area contributed by atoms with E-state index < -0.39 is 0 Å². The molecule has 5 heteroatoms. The maximum absolute atomic E-state index is 5.72. The minimum absolute atomic E-state index is 0.782. The first-order valence-electron chi connectivity index (χ1n) is 8.86. The van der Waals surface area contributed by atoms with Crippen LogP contribution in [0.2, 0.25) is 0 Å². The predicted molar refractivity (Wildman–Crippen MR) is 96.5 cm³/mol.